The third-order valence-electron chi connectivity index (χ3n) is 5.01. The van der Waals surface area contributed by atoms with Crippen LogP contribution < -0.4 is 9.64 Å². The number of pyridine rings is 1. The lowest BCUT2D eigenvalue weighted by Crippen LogP contribution is -2.47. The number of nitrogens with zero attached hydrogens (tertiary/aromatic N) is 5. The van der Waals surface area contributed by atoms with Gasteiger partial charge in [0.2, 0.25) is 5.88 Å². The minimum absolute atomic E-state index is 0.391. The highest BCUT2D eigenvalue weighted by molar-refractivity contribution is 5.40. The number of halogens is 3. The molecule has 0 N–H and O–H groups in total. The fourth-order valence-electron chi connectivity index (χ4n) is 3.16. The SMILES string of the molecule is Cc1ncc(OCCCCN2CCN(c3cccc(C(F)(F)F)n3)CC2)nc1C. The second kappa shape index (κ2) is 9.39. The molecule has 0 bridgehead atoms. The molecule has 0 aliphatic carbocycles. The third-order valence-corrected chi connectivity index (χ3v) is 5.01. The molecule has 1 saturated heterocycles. The molecule has 9 heteroatoms. The van der Waals surface area contributed by atoms with Gasteiger partial charge in [-0.15, -0.1) is 0 Å². The van der Waals surface area contributed by atoms with Crippen molar-refractivity contribution in [2.24, 2.45) is 0 Å². The van der Waals surface area contributed by atoms with Gasteiger partial charge in [-0.25, -0.2) is 9.97 Å². The monoisotopic (exact) mass is 409 g/mol. The van der Waals surface area contributed by atoms with Gasteiger partial charge in [-0.1, -0.05) is 6.07 Å². The molecular weight excluding hydrogens is 383 g/mol. The summed E-state index contributed by atoms with van der Waals surface area (Å²) in [5, 5.41) is 0. The molecule has 0 aromatic carbocycles. The van der Waals surface area contributed by atoms with Crippen LogP contribution in [0.15, 0.2) is 24.4 Å². The number of alkyl halides is 3. The van der Waals surface area contributed by atoms with Gasteiger partial charge < -0.3 is 9.64 Å². The topological polar surface area (TPSA) is 54.4 Å². The van der Waals surface area contributed by atoms with Crippen LogP contribution in [0.25, 0.3) is 0 Å². The molecule has 29 heavy (non-hydrogen) atoms. The van der Waals surface area contributed by atoms with E-state index in [1.54, 1.807) is 12.3 Å². The van der Waals surface area contributed by atoms with Gasteiger partial charge in [0.25, 0.3) is 0 Å². The number of anilines is 1. The lowest BCUT2D eigenvalue weighted by Gasteiger charge is -2.35. The molecule has 1 fully saturated rings. The zero-order valence-electron chi connectivity index (χ0n) is 16.7. The summed E-state index contributed by atoms with van der Waals surface area (Å²) in [5.74, 6) is 0.942. The van der Waals surface area contributed by atoms with Gasteiger partial charge in [-0.2, -0.15) is 13.2 Å². The molecule has 0 unspecified atom stereocenters. The highest BCUT2D eigenvalue weighted by Crippen LogP contribution is 2.29. The van der Waals surface area contributed by atoms with E-state index in [2.05, 4.69) is 19.9 Å². The highest BCUT2D eigenvalue weighted by atomic mass is 19.4. The Bertz CT molecular complexity index is 807. The molecule has 1 aliphatic heterocycles. The standard InChI is InChI=1S/C20H26F3N5O/c1-15-16(2)25-19(14-24-15)29-13-4-3-8-27-9-11-28(12-10-27)18-7-5-6-17(26-18)20(21,22)23/h5-7,14H,3-4,8-13H2,1-2H3. The summed E-state index contributed by atoms with van der Waals surface area (Å²) >= 11 is 0. The fourth-order valence-corrected chi connectivity index (χ4v) is 3.16. The average molecular weight is 409 g/mol. The van der Waals surface area contributed by atoms with E-state index in [9.17, 15) is 13.2 Å². The number of aryl methyl sites for hydroxylation is 2. The van der Waals surface area contributed by atoms with Crippen molar-refractivity contribution in [3.63, 3.8) is 0 Å². The third kappa shape index (κ3) is 6.03. The van der Waals surface area contributed by atoms with Gasteiger partial charge in [-0.05, 0) is 45.4 Å². The zero-order valence-corrected chi connectivity index (χ0v) is 16.7. The number of rotatable bonds is 7. The molecule has 2 aromatic rings. The first-order valence-electron chi connectivity index (χ1n) is 9.77. The predicted molar refractivity (Wildman–Crippen MR) is 104 cm³/mol. The molecule has 158 valence electrons. The van der Waals surface area contributed by atoms with Crippen LogP contribution in [-0.4, -0.2) is 59.2 Å². The van der Waals surface area contributed by atoms with E-state index >= 15 is 0 Å². The Hall–Kier alpha value is -2.42. The Kier molecular flexibility index (Phi) is 6.89. The zero-order chi connectivity index (χ0) is 20.9. The van der Waals surface area contributed by atoms with Crippen molar-refractivity contribution >= 4 is 5.82 Å². The lowest BCUT2D eigenvalue weighted by atomic mass is 10.2. The van der Waals surface area contributed by atoms with Crippen LogP contribution in [0.3, 0.4) is 0 Å². The summed E-state index contributed by atoms with van der Waals surface area (Å²) in [5.41, 5.74) is 0.929. The van der Waals surface area contributed by atoms with Gasteiger partial charge in [0, 0.05) is 26.2 Å². The van der Waals surface area contributed by atoms with E-state index < -0.39 is 11.9 Å². The van der Waals surface area contributed by atoms with Gasteiger partial charge in [0.1, 0.15) is 11.5 Å². The Labute approximate surface area is 168 Å². The smallest absolute Gasteiger partial charge is 0.433 e. The Morgan fingerprint density at radius 1 is 1.00 bits per heavy atom. The molecule has 3 rings (SSSR count). The fraction of sp³-hybridized carbons (Fsp3) is 0.550. The number of hydrogen-bond donors (Lipinski definition) is 0. The molecule has 3 heterocycles. The summed E-state index contributed by atoms with van der Waals surface area (Å²) in [7, 11) is 0. The van der Waals surface area contributed by atoms with Gasteiger partial charge in [-0.3, -0.25) is 9.88 Å². The van der Waals surface area contributed by atoms with Crippen LogP contribution in [0.5, 0.6) is 5.88 Å². The van der Waals surface area contributed by atoms with Crippen molar-refractivity contribution in [2.45, 2.75) is 32.9 Å². The first kappa shape index (κ1) is 21.3. The van der Waals surface area contributed by atoms with Crippen LogP contribution in [0.2, 0.25) is 0 Å². The first-order chi connectivity index (χ1) is 13.8. The van der Waals surface area contributed by atoms with Gasteiger partial charge in [0.05, 0.1) is 24.2 Å². The summed E-state index contributed by atoms with van der Waals surface area (Å²) in [6, 6.07) is 4.06. The second-order valence-corrected chi connectivity index (χ2v) is 7.14. The van der Waals surface area contributed by atoms with Crippen LogP contribution >= 0.6 is 0 Å². The predicted octanol–water partition coefficient (Wildman–Crippen LogP) is 3.49. The van der Waals surface area contributed by atoms with Gasteiger partial charge in [0.15, 0.2) is 0 Å². The second-order valence-electron chi connectivity index (χ2n) is 7.14. The molecule has 1 aliphatic rings. The van der Waals surface area contributed by atoms with Crippen molar-refractivity contribution in [3.8, 4) is 5.88 Å². The largest absolute Gasteiger partial charge is 0.477 e. The van der Waals surface area contributed by atoms with E-state index in [4.69, 9.17) is 4.74 Å². The molecule has 0 radical (unpaired) electrons. The molecule has 0 saturated carbocycles. The Morgan fingerprint density at radius 2 is 1.76 bits per heavy atom. The van der Waals surface area contributed by atoms with Crippen LogP contribution in [0.4, 0.5) is 19.0 Å². The van der Waals surface area contributed by atoms with E-state index in [1.165, 1.54) is 6.07 Å². The number of unbranched alkanes of at least 4 members (excludes halogenated alkanes) is 1. The molecule has 0 amide bonds. The summed E-state index contributed by atoms with van der Waals surface area (Å²) < 4.78 is 44.2. The highest BCUT2D eigenvalue weighted by Gasteiger charge is 2.33. The van der Waals surface area contributed by atoms with Crippen LogP contribution in [-0.2, 0) is 6.18 Å². The van der Waals surface area contributed by atoms with E-state index in [1.807, 2.05) is 18.7 Å². The van der Waals surface area contributed by atoms with E-state index in [-0.39, 0.29) is 0 Å². The molecule has 0 spiro atoms. The maximum absolute atomic E-state index is 12.8. The summed E-state index contributed by atoms with van der Waals surface area (Å²) in [4.78, 5) is 16.6. The number of piperazine rings is 1. The van der Waals surface area contributed by atoms with E-state index in [0.717, 1.165) is 49.9 Å². The van der Waals surface area contributed by atoms with Gasteiger partial charge >= 0.3 is 6.18 Å². The molecule has 2 aromatic heterocycles. The molecule has 6 nitrogen and oxygen atoms in total. The van der Waals surface area contributed by atoms with Crippen molar-refractivity contribution in [1.29, 1.82) is 0 Å². The summed E-state index contributed by atoms with van der Waals surface area (Å²) in [6.45, 7) is 8.30. The van der Waals surface area contributed by atoms with Crippen molar-refractivity contribution < 1.29 is 17.9 Å². The van der Waals surface area contributed by atoms with Crippen LogP contribution in [0, 0.1) is 13.8 Å². The molecular formula is C20H26F3N5O. The lowest BCUT2D eigenvalue weighted by molar-refractivity contribution is -0.141. The number of ether oxygens (including phenoxy) is 1. The normalized spacial score (nSPS) is 15.6. The number of hydrogen-bond acceptors (Lipinski definition) is 6. The maximum atomic E-state index is 12.8. The minimum Gasteiger partial charge on any atom is -0.477 e. The average Bonchev–Trinajstić information content (AvgIpc) is 2.70. The van der Waals surface area contributed by atoms with Crippen molar-refractivity contribution in [2.75, 3.05) is 44.2 Å². The number of aromatic nitrogens is 3. The molecule has 0 atom stereocenters. The quantitative estimate of drug-likeness (QED) is 0.653. The van der Waals surface area contributed by atoms with Crippen LogP contribution in [0.1, 0.15) is 29.9 Å². The first-order valence-corrected chi connectivity index (χ1v) is 9.77. The van der Waals surface area contributed by atoms with Crippen molar-refractivity contribution in [3.05, 3.63) is 41.5 Å². The maximum Gasteiger partial charge on any atom is 0.433 e. The summed E-state index contributed by atoms with van der Waals surface area (Å²) in [6.07, 6.45) is -0.879. The van der Waals surface area contributed by atoms with E-state index in [0.29, 0.717) is 31.4 Å². The Balaban J connectivity index is 1.36. The minimum atomic E-state index is -4.41. The Morgan fingerprint density at radius 3 is 2.45 bits per heavy atom. The van der Waals surface area contributed by atoms with Crippen molar-refractivity contribution in [1.82, 2.24) is 19.9 Å².